The van der Waals surface area contributed by atoms with Gasteiger partial charge in [0.15, 0.2) is 0 Å². The number of hydrogen-bond donors (Lipinski definition) is 1. The highest BCUT2D eigenvalue weighted by Gasteiger charge is 2.39. The number of carbonyl (C=O) groups excluding carboxylic acids is 1. The molecule has 1 aromatic rings. The van der Waals surface area contributed by atoms with Gasteiger partial charge in [0.1, 0.15) is 5.54 Å². The van der Waals surface area contributed by atoms with Crippen molar-refractivity contribution in [1.82, 2.24) is 15.1 Å². The normalized spacial score (nSPS) is 17.8. The van der Waals surface area contributed by atoms with Crippen LogP contribution >= 0.6 is 11.6 Å². The number of nitrogens with one attached hydrogen (secondary N) is 1. The maximum atomic E-state index is 12.2. The van der Waals surface area contributed by atoms with E-state index < -0.39 is 5.54 Å². The second-order valence-electron chi connectivity index (χ2n) is 5.52. The largest absolute Gasteiger partial charge is 0.465 e. The van der Waals surface area contributed by atoms with Crippen molar-refractivity contribution in [3.63, 3.8) is 0 Å². The Morgan fingerprint density at radius 2 is 2.35 bits per heavy atom. The minimum absolute atomic E-state index is 0.192. The number of aryl methyl sites for hydroxylation is 1. The van der Waals surface area contributed by atoms with Crippen molar-refractivity contribution < 1.29 is 9.53 Å². The van der Waals surface area contributed by atoms with E-state index in [4.69, 9.17) is 16.3 Å². The Balaban J connectivity index is 2.03. The molecular formula is C14H22ClN3O2. The molecule has 0 spiro atoms. The number of aromatic nitrogens is 2. The monoisotopic (exact) mass is 299 g/mol. The Bertz CT molecular complexity index is 485. The molecule has 0 saturated heterocycles. The summed E-state index contributed by atoms with van der Waals surface area (Å²) in [4.78, 5) is 12.2. The lowest BCUT2D eigenvalue weighted by Gasteiger charge is -2.28. The van der Waals surface area contributed by atoms with Crippen LogP contribution in [0.4, 0.5) is 0 Å². The van der Waals surface area contributed by atoms with Crippen LogP contribution in [-0.4, -0.2) is 33.9 Å². The van der Waals surface area contributed by atoms with Gasteiger partial charge in [-0.25, -0.2) is 0 Å². The molecule has 1 aliphatic carbocycles. The fraction of sp³-hybridized carbons (Fsp3) is 0.714. The average Bonchev–Trinajstić information content (AvgIpc) is 3.16. The highest BCUT2D eigenvalue weighted by molar-refractivity contribution is 6.31. The maximum Gasteiger partial charge on any atom is 0.326 e. The summed E-state index contributed by atoms with van der Waals surface area (Å²) in [5.41, 5.74) is 0.256. The first-order valence-electron chi connectivity index (χ1n) is 7.09. The lowest BCUT2D eigenvalue weighted by atomic mass is 9.97. The van der Waals surface area contributed by atoms with Crippen LogP contribution in [0.1, 0.15) is 38.8 Å². The first kappa shape index (κ1) is 15.3. The van der Waals surface area contributed by atoms with E-state index in [0.29, 0.717) is 30.6 Å². The number of nitrogens with zero attached hydrogens (tertiary/aromatic N) is 2. The van der Waals surface area contributed by atoms with Gasteiger partial charge in [-0.15, -0.1) is 0 Å². The van der Waals surface area contributed by atoms with E-state index >= 15 is 0 Å². The maximum absolute atomic E-state index is 12.2. The standard InChI is InChI=1S/C14H22ClN3O2/c1-4-20-13(19)14(3,17-11-5-6-11)7-8-18-10(2)12(15)9-16-18/h9,11,17H,4-8H2,1-3H3. The molecule has 5 nitrogen and oxygen atoms in total. The molecule has 1 saturated carbocycles. The summed E-state index contributed by atoms with van der Waals surface area (Å²) in [5, 5.41) is 8.27. The van der Waals surface area contributed by atoms with Crippen molar-refractivity contribution in [2.24, 2.45) is 0 Å². The Morgan fingerprint density at radius 1 is 1.65 bits per heavy atom. The Hall–Kier alpha value is -1.07. The second-order valence-corrected chi connectivity index (χ2v) is 5.93. The second kappa shape index (κ2) is 6.14. The van der Waals surface area contributed by atoms with E-state index in [9.17, 15) is 4.79 Å². The first-order valence-corrected chi connectivity index (χ1v) is 7.47. The van der Waals surface area contributed by atoms with Gasteiger partial charge in [-0.05, 0) is 40.0 Å². The van der Waals surface area contributed by atoms with Crippen molar-refractivity contribution >= 4 is 17.6 Å². The van der Waals surface area contributed by atoms with Crippen molar-refractivity contribution in [1.29, 1.82) is 0 Å². The minimum atomic E-state index is -0.665. The highest BCUT2D eigenvalue weighted by atomic mass is 35.5. The third-order valence-corrected chi connectivity index (χ3v) is 4.06. The first-order chi connectivity index (χ1) is 9.46. The number of carbonyl (C=O) groups is 1. The zero-order valence-corrected chi connectivity index (χ0v) is 13.0. The van der Waals surface area contributed by atoms with Crippen LogP contribution in [0.25, 0.3) is 0 Å². The smallest absolute Gasteiger partial charge is 0.326 e. The van der Waals surface area contributed by atoms with Crippen molar-refractivity contribution in [3.05, 3.63) is 16.9 Å². The lowest BCUT2D eigenvalue weighted by Crippen LogP contribution is -2.52. The Morgan fingerprint density at radius 3 is 2.85 bits per heavy atom. The zero-order chi connectivity index (χ0) is 14.8. The molecule has 0 radical (unpaired) electrons. The van der Waals surface area contributed by atoms with Gasteiger partial charge >= 0.3 is 5.97 Å². The molecule has 1 aromatic heterocycles. The molecule has 0 amide bonds. The molecule has 0 aromatic carbocycles. The lowest BCUT2D eigenvalue weighted by molar-refractivity contribution is -0.151. The van der Waals surface area contributed by atoms with E-state index in [2.05, 4.69) is 10.4 Å². The van der Waals surface area contributed by atoms with Gasteiger partial charge in [0.2, 0.25) is 0 Å². The minimum Gasteiger partial charge on any atom is -0.465 e. The SMILES string of the molecule is CCOC(=O)C(C)(CCn1ncc(Cl)c1C)NC1CC1. The fourth-order valence-corrected chi connectivity index (χ4v) is 2.32. The van der Waals surface area contributed by atoms with Crippen LogP contribution in [0.3, 0.4) is 0 Å². The molecule has 1 unspecified atom stereocenters. The summed E-state index contributed by atoms with van der Waals surface area (Å²) >= 11 is 6.00. The molecule has 0 aliphatic heterocycles. The molecule has 112 valence electrons. The van der Waals surface area contributed by atoms with Crippen LogP contribution in [0, 0.1) is 6.92 Å². The average molecular weight is 300 g/mol. The van der Waals surface area contributed by atoms with Crippen molar-refractivity contribution in [2.45, 2.75) is 58.2 Å². The quantitative estimate of drug-likeness (QED) is 0.785. The molecule has 2 rings (SSSR count). The summed E-state index contributed by atoms with van der Waals surface area (Å²) in [6.07, 6.45) is 4.51. The van der Waals surface area contributed by atoms with Gasteiger partial charge in [-0.3, -0.25) is 14.8 Å². The van der Waals surface area contributed by atoms with E-state index in [1.165, 1.54) is 0 Å². The zero-order valence-electron chi connectivity index (χ0n) is 12.3. The number of rotatable bonds is 7. The summed E-state index contributed by atoms with van der Waals surface area (Å²) < 4.78 is 7.03. The third kappa shape index (κ3) is 3.52. The predicted octanol–water partition coefficient (Wildman–Crippen LogP) is 2.31. The summed E-state index contributed by atoms with van der Waals surface area (Å²) in [6.45, 7) is 6.68. The van der Waals surface area contributed by atoms with E-state index in [1.54, 1.807) is 6.20 Å². The highest BCUT2D eigenvalue weighted by Crippen LogP contribution is 2.26. The summed E-state index contributed by atoms with van der Waals surface area (Å²) in [6, 6.07) is 0.437. The van der Waals surface area contributed by atoms with Gasteiger partial charge in [-0.1, -0.05) is 11.6 Å². The van der Waals surface area contributed by atoms with Gasteiger partial charge in [-0.2, -0.15) is 5.10 Å². The number of ether oxygens (including phenoxy) is 1. The van der Waals surface area contributed by atoms with Gasteiger partial charge < -0.3 is 4.74 Å². The molecule has 1 aliphatic rings. The Labute approximate surface area is 124 Å². The number of halogens is 1. The van der Waals surface area contributed by atoms with E-state index in [1.807, 2.05) is 25.5 Å². The van der Waals surface area contributed by atoms with Gasteiger partial charge in [0.25, 0.3) is 0 Å². The molecular weight excluding hydrogens is 278 g/mol. The molecule has 6 heteroatoms. The molecule has 1 heterocycles. The van der Waals surface area contributed by atoms with Crippen LogP contribution in [0.2, 0.25) is 5.02 Å². The number of hydrogen-bond acceptors (Lipinski definition) is 4. The van der Waals surface area contributed by atoms with Crippen molar-refractivity contribution in [3.8, 4) is 0 Å². The fourth-order valence-electron chi connectivity index (χ4n) is 2.18. The Kier molecular flexibility index (Phi) is 4.70. The van der Waals surface area contributed by atoms with Crippen LogP contribution in [-0.2, 0) is 16.1 Å². The van der Waals surface area contributed by atoms with Crippen LogP contribution in [0.15, 0.2) is 6.20 Å². The van der Waals surface area contributed by atoms with Crippen molar-refractivity contribution in [2.75, 3.05) is 6.61 Å². The third-order valence-electron chi connectivity index (χ3n) is 3.69. The van der Waals surface area contributed by atoms with Crippen LogP contribution < -0.4 is 5.32 Å². The molecule has 1 atom stereocenters. The van der Waals surface area contributed by atoms with E-state index in [-0.39, 0.29) is 5.97 Å². The summed E-state index contributed by atoms with van der Waals surface area (Å²) in [5.74, 6) is -0.192. The predicted molar refractivity (Wildman–Crippen MR) is 77.8 cm³/mol. The molecule has 0 bridgehead atoms. The van der Waals surface area contributed by atoms with Gasteiger partial charge in [0, 0.05) is 12.6 Å². The number of esters is 1. The van der Waals surface area contributed by atoms with Crippen LogP contribution in [0.5, 0.6) is 0 Å². The summed E-state index contributed by atoms with van der Waals surface area (Å²) in [7, 11) is 0. The van der Waals surface area contributed by atoms with E-state index in [0.717, 1.165) is 18.5 Å². The molecule has 1 fully saturated rings. The van der Waals surface area contributed by atoms with Gasteiger partial charge in [0.05, 0.1) is 23.5 Å². The molecule has 1 N–H and O–H groups in total. The molecule has 20 heavy (non-hydrogen) atoms. The topological polar surface area (TPSA) is 56.2 Å².